The molecule has 0 unspecified atom stereocenters. The predicted molar refractivity (Wildman–Crippen MR) is 71.6 cm³/mol. The zero-order valence-corrected chi connectivity index (χ0v) is 11.8. The first-order valence-electron chi connectivity index (χ1n) is 5.95. The Balaban J connectivity index is 2.06. The van der Waals surface area contributed by atoms with Crippen LogP contribution in [0.5, 0.6) is 5.75 Å². The van der Waals surface area contributed by atoms with Gasteiger partial charge in [-0.05, 0) is 24.6 Å². The zero-order chi connectivity index (χ0) is 13.3. The van der Waals surface area contributed by atoms with Crippen LogP contribution in [0.4, 0.5) is 0 Å². The van der Waals surface area contributed by atoms with E-state index in [-0.39, 0.29) is 17.2 Å². The van der Waals surface area contributed by atoms with Gasteiger partial charge in [-0.3, -0.25) is 4.79 Å². The molecule has 1 fully saturated rings. The molecule has 0 spiro atoms. The van der Waals surface area contributed by atoms with Crippen molar-refractivity contribution >= 4 is 21.8 Å². The van der Waals surface area contributed by atoms with Crippen molar-refractivity contribution < 1.29 is 15.0 Å². The Morgan fingerprint density at radius 3 is 2.72 bits per heavy atom. The van der Waals surface area contributed by atoms with Gasteiger partial charge in [0.05, 0.1) is 24.3 Å². The third-order valence-electron chi connectivity index (χ3n) is 3.16. The van der Waals surface area contributed by atoms with E-state index >= 15 is 0 Å². The minimum absolute atomic E-state index is 0.0414. The summed E-state index contributed by atoms with van der Waals surface area (Å²) >= 11 is 3.23. The van der Waals surface area contributed by atoms with Gasteiger partial charge in [0, 0.05) is 4.47 Å². The van der Waals surface area contributed by atoms with E-state index in [0.29, 0.717) is 19.5 Å². The third-order valence-corrected chi connectivity index (χ3v) is 3.66. The zero-order valence-electron chi connectivity index (χ0n) is 10.2. The highest BCUT2D eigenvalue weighted by Gasteiger charge is 2.43. The van der Waals surface area contributed by atoms with Gasteiger partial charge >= 0.3 is 0 Å². The number of amides is 1. The standard InChI is InChI=1S/C13H16BrNO3/c1-2-5-13(18)7-15(8-13)12(17)10-4-3-9(14)6-11(10)16/h3-4,6,16,18H,2,5,7-8H2,1H3. The molecule has 5 heteroatoms. The van der Waals surface area contributed by atoms with Crippen molar-refractivity contribution in [3.8, 4) is 5.75 Å². The lowest BCUT2D eigenvalue weighted by atomic mass is 9.88. The molecule has 1 saturated heterocycles. The van der Waals surface area contributed by atoms with Crippen LogP contribution < -0.4 is 0 Å². The summed E-state index contributed by atoms with van der Waals surface area (Å²) < 4.78 is 0.725. The fourth-order valence-corrected chi connectivity index (χ4v) is 2.64. The van der Waals surface area contributed by atoms with Crippen molar-refractivity contribution in [1.82, 2.24) is 4.90 Å². The van der Waals surface area contributed by atoms with Gasteiger partial charge in [0.25, 0.3) is 5.91 Å². The second-order valence-electron chi connectivity index (χ2n) is 4.80. The number of halogens is 1. The normalized spacial score (nSPS) is 17.4. The van der Waals surface area contributed by atoms with Crippen LogP contribution >= 0.6 is 15.9 Å². The van der Waals surface area contributed by atoms with E-state index in [0.717, 1.165) is 10.9 Å². The largest absolute Gasteiger partial charge is 0.507 e. The Hall–Kier alpha value is -1.07. The predicted octanol–water partition coefficient (Wildman–Crippen LogP) is 2.14. The molecule has 1 heterocycles. The smallest absolute Gasteiger partial charge is 0.257 e. The van der Waals surface area contributed by atoms with Crippen LogP contribution in [0.3, 0.4) is 0 Å². The van der Waals surface area contributed by atoms with E-state index in [2.05, 4.69) is 15.9 Å². The lowest BCUT2D eigenvalue weighted by Gasteiger charge is -2.46. The number of nitrogens with zero attached hydrogens (tertiary/aromatic N) is 1. The van der Waals surface area contributed by atoms with Crippen LogP contribution in [0.1, 0.15) is 30.1 Å². The molecule has 0 radical (unpaired) electrons. The lowest BCUT2D eigenvalue weighted by molar-refractivity contribution is -0.0860. The van der Waals surface area contributed by atoms with E-state index in [4.69, 9.17) is 0 Å². The fourth-order valence-electron chi connectivity index (χ4n) is 2.29. The number of carbonyl (C=O) groups is 1. The molecule has 0 bridgehead atoms. The summed E-state index contributed by atoms with van der Waals surface area (Å²) in [6.07, 6.45) is 1.59. The molecule has 0 aromatic heterocycles. The number of likely N-dealkylation sites (tertiary alicyclic amines) is 1. The highest BCUT2D eigenvalue weighted by atomic mass is 79.9. The van der Waals surface area contributed by atoms with Crippen molar-refractivity contribution in [1.29, 1.82) is 0 Å². The first kappa shape index (κ1) is 13.4. The van der Waals surface area contributed by atoms with Crippen LogP contribution in [-0.2, 0) is 0 Å². The first-order chi connectivity index (χ1) is 8.45. The molecule has 1 aromatic carbocycles. The van der Waals surface area contributed by atoms with Gasteiger partial charge in [-0.15, -0.1) is 0 Å². The van der Waals surface area contributed by atoms with Crippen LogP contribution in [-0.4, -0.2) is 39.7 Å². The third kappa shape index (κ3) is 2.52. The molecule has 2 rings (SSSR count). The number of rotatable bonds is 3. The Morgan fingerprint density at radius 1 is 1.50 bits per heavy atom. The van der Waals surface area contributed by atoms with E-state index in [1.807, 2.05) is 6.92 Å². The SMILES string of the molecule is CCCC1(O)CN(C(=O)c2ccc(Br)cc2O)C1. The maximum absolute atomic E-state index is 12.1. The van der Waals surface area contributed by atoms with Gasteiger partial charge in [0.2, 0.25) is 0 Å². The molecular formula is C13H16BrNO3. The maximum atomic E-state index is 12.1. The molecule has 0 aliphatic carbocycles. The first-order valence-corrected chi connectivity index (χ1v) is 6.75. The molecule has 0 atom stereocenters. The molecular weight excluding hydrogens is 298 g/mol. The van der Waals surface area contributed by atoms with Crippen molar-refractivity contribution in [2.24, 2.45) is 0 Å². The van der Waals surface area contributed by atoms with Crippen LogP contribution in [0.25, 0.3) is 0 Å². The average Bonchev–Trinajstić information content (AvgIpc) is 2.25. The summed E-state index contributed by atoms with van der Waals surface area (Å²) in [4.78, 5) is 13.6. The monoisotopic (exact) mass is 313 g/mol. The molecule has 1 aromatic rings. The Labute approximate surface area is 114 Å². The molecule has 1 amide bonds. The minimum atomic E-state index is -0.741. The molecule has 2 N–H and O–H groups in total. The van der Waals surface area contributed by atoms with Crippen LogP contribution in [0, 0.1) is 0 Å². The fraction of sp³-hybridized carbons (Fsp3) is 0.462. The number of benzene rings is 1. The Kier molecular flexibility index (Phi) is 3.64. The van der Waals surface area contributed by atoms with Gasteiger partial charge < -0.3 is 15.1 Å². The summed E-state index contributed by atoms with van der Waals surface area (Å²) in [5.41, 5.74) is -0.466. The van der Waals surface area contributed by atoms with E-state index in [1.165, 1.54) is 6.07 Å². The highest BCUT2D eigenvalue weighted by molar-refractivity contribution is 9.10. The molecule has 1 aliphatic heterocycles. The van der Waals surface area contributed by atoms with Gasteiger partial charge in [-0.2, -0.15) is 0 Å². The number of hydrogen-bond acceptors (Lipinski definition) is 3. The van der Waals surface area contributed by atoms with E-state index in [9.17, 15) is 15.0 Å². The molecule has 98 valence electrons. The number of phenols is 1. The number of carbonyl (C=O) groups excluding carboxylic acids is 1. The number of β-amino-alcohol motifs (C(OH)–C–C–N with tert-alkyl or cyclic N) is 1. The minimum Gasteiger partial charge on any atom is -0.507 e. The number of aromatic hydroxyl groups is 1. The van der Waals surface area contributed by atoms with Gasteiger partial charge in [0.1, 0.15) is 5.75 Å². The quantitative estimate of drug-likeness (QED) is 0.898. The van der Waals surface area contributed by atoms with E-state index < -0.39 is 5.60 Å². The number of phenolic OH excluding ortho intramolecular Hbond substituents is 1. The van der Waals surface area contributed by atoms with E-state index in [1.54, 1.807) is 17.0 Å². The summed E-state index contributed by atoms with van der Waals surface area (Å²) in [5, 5.41) is 19.7. The van der Waals surface area contributed by atoms with Crippen LogP contribution in [0.2, 0.25) is 0 Å². The lowest BCUT2D eigenvalue weighted by Crippen LogP contribution is -2.63. The number of aliphatic hydroxyl groups is 1. The Morgan fingerprint density at radius 2 is 2.17 bits per heavy atom. The molecule has 4 nitrogen and oxygen atoms in total. The maximum Gasteiger partial charge on any atom is 0.257 e. The summed E-state index contributed by atoms with van der Waals surface area (Å²) in [7, 11) is 0. The summed E-state index contributed by atoms with van der Waals surface area (Å²) in [6, 6.07) is 4.79. The van der Waals surface area contributed by atoms with Crippen LogP contribution in [0.15, 0.2) is 22.7 Å². The topological polar surface area (TPSA) is 60.8 Å². The molecule has 1 aliphatic rings. The molecule has 0 saturated carbocycles. The van der Waals surface area contributed by atoms with Gasteiger partial charge in [-0.1, -0.05) is 29.3 Å². The van der Waals surface area contributed by atoms with Crippen molar-refractivity contribution in [2.75, 3.05) is 13.1 Å². The highest BCUT2D eigenvalue weighted by Crippen LogP contribution is 2.30. The number of hydrogen-bond donors (Lipinski definition) is 2. The summed E-state index contributed by atoms with van der Waals surface area (Å²) in [6.45, 7) is 2.69. The summed E-state index contributed by atoms with van der Waals surface area (Å²) in [5.74, 6) is -0.277. The second-order valence-corrected chi connectivity index (χ2v) is 5.71. The van der Waals surface area contributed by atoms with Gasteiger partial charge in [-0.25, -0.2) is 0 Å². The average molecular weight is 314 g/mol. The Bertz CT molecular complexity index is 469. The van der Waals surface area contributed by atoms with Crippen molar-refractivity contribution in [3.63, 3.8) is 0 Å². The van der Waals surface area contributed by atoms with Gasteiger partial charge in [0.15, 0.2) is 0 Å². The second kappa shape index (κ2) is 4.90. The molecule has 18 heavy (non-hydrogen) atoms. The van der Waals surface area contributed by atoms with Crippen molar-refractivity contribution in [2.45, 2.75) is 25.4 Å². The van der Waals surface area contributed by atoms with Crippen molar-refractivity contribution in [3.05, 3.63) is 28.2 Å².